The van der Waals surface area contributed by atoms with Crippen LogP contribution in [0.25, 0.3) is 0 Å². The Balaban J connectivity index is 2.25. The minimum absolute atomic E-state index is 0.325. The first kappa shape index (κ1) is 12.7. The van der Waals surface area contributed by atoms with Crippen molar-refractivity contribution >= 4 is 5.69 Å². The largest absolute Gasteiger partial charge is 0.378 e. The predicted octanol–water partition coefficient (Wildman–Crippen LogP) is 4.78. The van der Waals surface area contributed by atoms with E-state index in [1.54, 1.807) is 0 Å². The number of rotatable bonds is 3. The first-order chi connectivity index (χ1) is 8.58. The van der Waals surface area contributed by atoms with Gasteiger partial charge in [-0.25, -0.2) is 0 Å². The predicted molar refractivity (Wildman–Crippen MR) is 79.1 cm³/mol. The SMILES string of the molecule is Cc1ccc(C)c(C(C)Nc2ccccc2C)c1. The normalized spacial score (nSPS) is 12.2. The van der Waals surface area contributed by atoms with Gasteiger partial charge in [-0.1, -0.05) is 42.0 Å². The van der Waals surface area contributed by atoms with Gasteiger partial charge in [-0.15, -0.1) is 0 Å². The lowest BCUT2D eigenvalue weighted by atomic mass is 9.99. The average Bonchev–Trinajstić information content (AvgIpc) is 2.35. The zero-order valence-electron chi connectivity index (χ0n) is 11.6. The van der Waals surface area contributed by atoms with Crippen LogP contribution in [0.2, 0.25) is 0 Å². The van der Waals surface area contributed by atoms with Crippen LogP contribution < -0.4 is 5.32 Å². The molecule has 1 nitrogen and oxygen atoms in total. The molecule has 0 aliphatic carbocycles. The summed E-state index contributed by atoms with van der Waals surface area (Å²) >= 11 is 0. The molecule has 0 fully saturated rings. The highest BCUT2D eigenvalue weighted by Gasteiger charge is 2.09. The number of anilines is 1. The molecule has 1 heteroatoms. The zero-order chi connectivity index (χ0) is 13.1. The maximum atomic E-state index is 3.59. The third-order valence-electron chi connectivity index (χ3n) is 3.42. The second kappa shape index (κ2) is 5.26. The van der Waals surface area contributed by atoms with E-state index in [0.29, 0.717) is 6.04 Å². The first-order valence-electron chi connectivity index (χ1n) is 6.47. The molecule has 0 aliphatic rings. The molecular formula is C17H21N. The van der Waals surface area contributed by atoms with E-state index in [0.717, 1.165) is 0 Å². The van der Waals surface area contributed by atoms with Gasteiger partial charge in [-0.05, 0) is 50.5 Å². The lowest BCUT2D eigenvalue weighted by Gasteiger charge is -2.19. The summed E-state index contributed by atoms with van der Waals surface area (Å²) in [5, 5.41) is 3.59. The van der Waals surface area contributed by atoms with E-state index in [9.17, 15) is 0 Å². The highest BCUT2D eigenvalue weighted by atomic mass is 14.9. The lowest BCUT2D eigenvalue weighted by Crippen LogP contribution is -2.09. The fourth-order valence-electron chi connectivity index (χ4n) is 2.27. The molecule has 0 amide bonds. The van der Waals surface area contributed by atoms with Gasteiger partial charge in [-0.2, -0.15) is 0 Å². The molecule has 0 bridgehead atoms. The Kier molecular flexibility index (Phi) is 3.71. The van der Waals surface area contributed by atoms with Gasteiger partial charge in [0.25, 0.3) is 0 Å². The molecule has 0 heterocycles. The Morgan fingerprint density at radius 3 is 2.33 bits per heavy atom. The van der Waals surface area contributed by atoms with Gasteiger partial charge >= 0.3 is 0 Å². The summed E-state index contributed by atoms with van der Waals surface area (Å²) in [7, 11) is 0. The Morgan fingerprint density at radius 2 is 1.61 bits per heavy atom. The van der Waals surface area contributed by atoms with Crippen molar-refractivity contribution < 1.29 is 0 Å². The van der Waals surface area contributed by atoms with Gasteiger partial charge in [0.1, 0.15) is 0 Å². The van der Waals surface area contributed by atoms with Crippen molar-refractivity contribution in [3.63, 3.8) is 0 Å². The molecule has 0 aromatic heterocycles. The third kappa shape index (κ3) is 2.73. The van der Waals surface area contributed by atoms with Gasteiger partial charge < -0.3 is 5.32 Å². The highest BCUT2D eigenvalue weighted by molar-refractivity contribution is 5.52. The number of benzene rings is 2. The molecule has 2 aromatic rings. The van der Waals surface area contributed by atoms with Gasteiger partial charge in [0.2, 0.25) is 0 Å². The van der Waals surface area contributed by atoms with Crippen molar-refractivity contribution in [2.75, 3.05) is 5.32 Å². The van der Waals surface area contributed by atoms with Crippen LogP contribution in [-0.4, -0.2) is 0 Å². The molecule has 2 rings (SSSR count). The summed E-state index contributed by atoms with van der Waals surface area (Å²) in [6.07, 6.45) is 0. The van der Waals surface area contributed by atoms with Crippen LogP contribution in [0, 0.1) is 20.8 Å². The van der Waals surface area contributed by atoms with E-state index in [2.05, 4.69) is 75.5 Å². The maximum absolute atomic E-state index is 3.59. The summed E-state index contributed by atoms with van der Waals surface area (Å²) in [6.45, 7) is 8.67. The fraction of sp³-hybridized carbons (Fsp3) is 0.294. The zero-order valence-corrected chi connectivity index (χ0v) is 11.6. The summed E-state index contributed by atoms with van der Waals surface area (Å²) in [5.41, 5.74) is 6.53. The topological polar surface area (TPSA) is 12.0 Å². The molecule has 1 N–H and O–H groups in total. The van der Waals surface area contributed by atoms with E-state index in [-0.39, 0.29) is 0 Å². The van der Waals surface area contributed by atoms with E-state index in [1.807, 2.05) is 0 Å². The van der Waals surface area contributed by atoms with Crippen LogP contribution in [0.4, 0.5) is 5.69 Å². The summed E-state index contributed by atoms with van der Waals surface area (Å²) in [5.74, 6) is 0. The summed E-state index contributed by atoms with van der Waals surface area (Å²) < 4.78 is 0. The number of nitrogens with one attached hydrogen (secondary N) is 1. The Labute approximate surface area is 110 Å². The number of hydrogen-bond donors (Lipinski definition) is 1. The molecule has 0 spiro atoms. The fourth-order valence-corrected chi connectivity index (χ4v) is 2.27. The van der Waals surface area contributed by atoms with Crippen molar-refractivity contribution in [1.29, 1.82) is 0 Å². The smallest absolute Gasteiger partial charge is 0.0488 e. The van der Waals surface area contributed by atoms with Crippen LogP contribution >= 0.6 is 0 Å². The molecule has 0 radical (unpaired) electrons. The van der Waals surface area contributed by atoms with Crippen LogP contribution in [0.3, 0.4) is 0 Å². The van der Waals surface area contributed by atoms with Crippen LogP contribution in [0.1, 0.15) is 35.2 Å². The molecule has 1 unspecified atom stereocenters. The van der Waals surface area contributed by atoms with Crippen molar-refractivity contribution in [3.8, 4) is 0 Å². The maximum Gasteiger partial charge on any atom is 0.0488 e. The number of para-hydroxylation sites is 1. The van der Waals surface area contributed by atoms with Crippen molar-refractivity contribution in [1.82, 2.24) is 0 Å². The average molecular weight is 239 g/mol. The molecule has 2 aromatic carbocycles. The number of hydrogen-bond acceptors (Lipinski definition) is 1. The van der Waals surface area contributed by atoms with Crippen molar-refractivity contribution in [2.45, 2.75) is 33.7 Å². The summed E-state index contributed by atoms with van der Waals surface area (Å²) in [4.78, 5) is 0. The van der Waals surface area contributed by atoms with E-state index in [1.165, 1.54) is 27.9 Å². The van der Waals surface area contributed by atoms with Gasteiger partial charge in [0.15, 0.2) is 0 Å². The molecule has 94 valence electrons. The Bertz CT molecular complexity index is 543. The lowest BCUT2D eigenvalue weighted by molar-refractivity contribution is 0.870. The van der Waals surface area contributed by atoms with Crippen molar-refractivity contribution in [3.05, 3.63) is 64.7 Å². The minimum Gasteiger partial charge on any atom is -0.378 e. The molecule has 0 saturated carbocycles. The summed E-state index contributed by atoms with van der Waals surface area (Å²) in [6, 6.07) is 15.4. The minimum atomic E-state index is 0.325. The highest BCUT2D eigenvalue weighted by Crippen LogP contribution is 2.24. The van der Waals surface area contributed by atoms with Gasteiger partial charge in [0.05, 0.1) is 0 Å². The molecule has 0 saturated heterocycles. The van der Waals surface area contributed by atoms with Gasteiger partial charge in [0, 0.05) is 11.7 Å². The van der Waals surface area contributed by atoms with E-state index in [4.69, 9.17) is 0 Å². The standard InChI is InChI=1S/C17H21N/c1-12-9-10-13(2)16(11-12)15(4)18-17-8-6-5-7-14(17)3/h5-11,15,18H,1-4H3. The van der Waals surface area contributed by atoms with Gasteiger partial charge in [-0.3, -0.25) is 0 Å². The number of aryl methyl sites for hydroxylation is 3. The first-order valence-corrected chi connectivity index (χ1v) is 6.47. The molecule has 0 aliphatic heterocycles. The molecular weight excluding hydrogens is 218 g/mol. The molecule has 18 heavy (non-hydrogen) atoms. The van der Waals surface area contributed by atoms with Crippen LogP contribution in [0.5, 0.6) is 0 Å². The second-order valence-electron chi connectivity index (χ2n) is 5.04. The monoisotopic (exact) mass is 239 g/mol. The van der Waals surface area contributed by atoms with Crippen LogP contribution in [0.15, 0.2) is 42.5 Å². The van der Waals surface area contributed by atoms with Crippen LogP contribution in [-0.2, 0) is 0 Å². The Morgan fingerprint density at radius 1 is 0.889 bits per heavy atom. The molecule has 1 atom stereocenters. The second-order valence-corrected chi connectivity index (χ2v) is 5.04. The van der Waals surface area contributed by atoms with E-state index >= 15 is 0 Å². The quantitative estimate of drug-likeness (QED) is 0.812. The Hall–Kier alpha value is -1.76. The van der Waals surface area contributed by atoms with E-state index < -0.39 is 0 Å². The van der Waals surface area contributed by atoms with Crippen molar-refractivity contribution in [2.24, 2.45) is 0 Å². The third-order valence-corrected chi connectivity index (χ3v) is 3.42.